The van der Waals surface area contributed by atoms with Crippen LogP contribution in [-0.2, 0) is 9.53 Å². The monoisotopic (exact) mass is 504 g/mol. The summed E-state index contributed by atoms with van der Waals surface area (Å²) in [5.74, 6) is -0.489. The largest absolute Gasteiger partial charge is 0.450 e. The molecule has 0 fully saturated rings. The second-order valence-electron chi connectivity index (χ2n) is 7.99. The van der Waals surface area contributed by atoms with E-state index in [4.69, 9.17) is 15.5 Å². The van der Waals surface area contributed by atoms with Crippen molar-refractivity contribution in [2.24, 2.45) is 10.7 Å². The number of nitrogens with zero attached hydrogens (tertiary/aromatic N) is 4. The summed E-state index contributed by atoms with van der Waals surface area (Å²) in [6, 6.07) is 14.0. The quantitative estimate of drug-likeness (QED) is 0.479. The van der Waals surface area contributed by atoms with E-state index in [9.17, 15) is 14.4 Å². The molecule has 10 nitrogen and oxygen atoms in total. The lowest BCUT2D eigenvalue weighted by Gasteiger charge is -2.16. The molecule has 2 amide bonds. The summed E-state index contributed by atoms with van der Waals surface area (Å²) in [5.41, 5.74) is 8.45. The number of aromatic nitrogens is 3. The van der Waals surface area contributed by atoms with Gasteiger partial charge in [0, 0.05) is 17.2 Å². The lowest BCUT2D eigenvalue weighted by Crippen LogP contribution is -2.24. The van der Waals surface area contributed by atoms with Gasteiger partial charge in [-0.1, -0.05) is 30.3 Å². The Balaban J connectivity index is 1.97. The molecule has 2 aromatic heterocycles. The number of ether oxygens (including phenoxy) is 1. The summed E-state index contributed by atoms with van der Waals surface area (Å²) < 4.78 is 6.44. The topological polar surface area (TPSA) is 142 Å². The number of amidine groups is 1. The summed E-state index contributed by atoms with van der Waals surface area (Å²) in [7, 11) is 0. The van der Waals surface area contributed by atoms with Crippen molar-refractivity contribution in [2.45, 2.75) is 26.8 Å². The molecule has 0 saturated heterocycles. The van der Waals surface area contributed by atoms with Gasteiger partial charge in [0.2, 0.25) is 0 Å². The van der Waals surface area contributed by atoms with Crippen LogP contribution >= 0.6 is 11.8 Å². The van der Waals surface area contributed by atoms with Gasteiger partial charge in [0.25, 0.3) is 11.5 Å². The Morgan fingerprint density at radius 2 is 1.94 bits per heavy atom. The highest BCUT2D eigenvalue weighted by Crippen LogP contribution is 2.35. The Morgan fingerprint density at radius 3 is 2.58 bits per heavy atom. The third-order valence-electron chi connectivity index (χ3n) is 5.11. The number of thioether (sulfide) groups is 1. The van der Waals surface area contributed by atoms with Crippen LogP contribution < -0.4 is 16.6 Å². The zero-order valence-corrected chi connectivity index (χ0v) is 20.7. The van der Waals surface area contributed by atoms with Gasteiger partial charge in [-0.3, -0.25) is 14.9 Å². The molecule has 3 aromatic rings. The Kier molecular flexibility index (Phi) is 7.30. The third-order valence-corrected chi connectivity index (χ3v) is 5.92. The van der Waals surface area contributed by atoms with E-state index in [1.807, 2.05) is 44.2 Å². The van der Waals surface area contributed by atoms with Gasteiger partial charge in [-0.05, 0) is 50.7 Å². The van der Waals surface area contributed by atoms with E-state index in [2.05, 4.69) is 15.4 Å². The zero-order valence-electron chi connectivity index (χ0n) is 19.9. The van der Waals surface area contributed by atoms with Gasteiger partial charge in [0.1, 0.15) is 0 Å². The van der Waals surface area contributed by atoms with E-state index in [-0.39, 0.29) is 28.3 Å². The number of carbonyl (C=O) groups is 2. The van der Waals surface area contributed by atoms with Crippen molar-refractivity contribution in [3.05, 3.63) is 69.5 Å². The first-order chi connectivity index (χ1) is 17.3. The van der Waals surface area contributed by atoms with Gasteiger partial charge in [-0.25, -0.2) is 14.5 Å². The van der Waals surface area contributed by atoms with E-state index < -0.39 is 12.0 Å². The first-order valence-corrected chi connectivity index (χ1v) is 12.0. The van der Waals surface area contributed by atoms with Crippen LogP contribution in [-0.4, -0.2) is 38.5 Å². The predicted molar refractivity (Wildman–Crippen MR) is 140 cm³/mol. The van der Waals surface area contributed by atoms with Crippen LogP contribution in [0.1, 0.15) is 32.5 Å². The van der Waals surface area contributed by atoms with Crippen LogP contribution in [0, 0.1) is 0 Å². The van der Waals surface area contributed by atoms with Gasteiger partial charge < -0.3 is 10.5 Å². The van der Waals surface area contributed by atoms with Crippen LogP contribution in [0.4, 0.5) is 10.5 Å². The molecular weight excluding hydrogens is 480 g/mol. The minimum absolute atomic E-state index is 0.131. The standard InChI is InChI=1S/C25H24N6O4S/c1-4-35-25(34)28-18-12-16(17-10-11-21(32)31(30-17)14(2)3)22(15-8-6-5-7-9-15)27-19(18)13-20-23(33)29-24(26)36-20/h5-14H,4H2,1-3H3,(H,28,34)(H2,26,29,33). The van der Waals surface area contributed by atoms with Gasteiger partial charge in [-0.2, -0.15) is 10.1 Å². The van der Waals surface area contributed by atoms with Crippen molar-refractivity contribution in [3.8, 4) is 22.5 Å². The Morgan fingerprint density at radius 1 is 1.19 bits per heavy atom. The van der Waals surface area contributed by atoms with Crippen LogP contribution in [0.15, 0.2) is 63.2 Å². The minimum atomic E-state index is -0.682. The van der Waals surface area contributed by atoms with Gasteiger partial charge in [-0.15, -0.1) is 0 Å². The predicted octanol–water partition coefficient (Wildman–Crippen LogP) is 4.05. The number of aliphatic imine (C=N–C) groups is 1. The minimum Gasteiger partial charge on any atom is -0.450 e. The lowest BCUT2D eigenvalue weighted by molar-refractivity contribution is -0.113. The molecule has 3 heterocycles. The number of hydrogen-bond acceptors (Lipinski definition) is 8. The average Bonchev–Trinajstić information content (AvgIpc) is 3.17. The third kappa shape index (κ3) is 5.36. The van der Waals surface area contributed by atoms with Crippen molar-refractivity contribution in [1.29, 1.82) is 0 Å². The highest BCUT2D eigenvalue weighted by molar-refractivity contribution is 8.18. The highest BCUT2D eigenvalue weighted by Gasteiger charge is 2.23. The Labute approximate surface area is 211 Å². The molecule has 1 aromatic carbocycles. The Hall–Kier alpha value is -4.25. The van der Waals surface area contributed by atoms with Gasteiger partial charge >= 0.3 is 6.09 Å². The van der Waals surface area contributed by atoms with E-state index in [0.29, 0.717) is 28.3 Å². The number of amides is 2. The summed E-state index contributed by atoms with van der Waals surface area (Å²) in [6.07, 6.45) is 0.843. The number of hydrogen-bond donors (Lipinski definition) is 2. The second kappa shape index (κ2) is 10.6. The molecule has 0 atom stereocenters. The molecule has 0 radical (unpaired) electrons. The van der Waals surface area contributed by atoms with Crippen molar-refractivity contribution < 1.29 is 14.3 Å². The second-order valence-corrected chi connectivity index (χ2v) is 9.05. The molecule has 1 aliphatic rings. The molecular formula is C25H24N6O4S. The maximum atomic E-state index is 12.4. The zero-order chi connectivity index (χ0) is 25.8. The number of rotatable bonds is 6. The molecule has 36 heavy (non-hydrogen) atoms. The van der Waals surface area contributed by atoms with Gasteiger partial charge in [0.05, 0.1) is 40.3 Å². The molecule has 184 valence electrons. The van der Waals surface area contributed by atoms with Crippen molar-refractivity contribution in [1.82, 2.24) is 14.8 Å². The smallest absolute Gasteiger partial charge is 0.411 e. The molecule has 0 saturated carbocycles. The van der Waals surface area contributed by atoms with Gasteiger partial charge in [0.15, 0.2) is 5.17 Å². The number of anilines is 1. The molecule has 3 N–H and O–H groups in total. The number of benzene rings is 1. The van der Waals surface area contributed by atoms with Crippen LogP contribution in [0.3, 0.4) is 0 Å². The normalized spacial score (nSPS) is 14.3. The summed E-state index contributed by atoms with van der Waals surface area (Å²) >= 11 is 1.02. The molecule has 11 heteroatoms. The number of nitrogens with two attached hydrogens (primary N) is 1. The van der Waals surface area contributed by atoms with Crippen LogP contribution in [0.25, 0.3) is 28.6 Å². The fourth-order valence-corrected chi connectivity index (χ4v) is 4.17. The van der Waals surface area contributed by atoms with E-state index in [1.165, 1.54) is 16.8 Å². The van der Waals surface area contributed by atoms with Crippen molar-refractivity contribution in [3.63, 3.8) is 0 Å². The Bertz CT molecular complexity index is 1450. The number of pyridine rings is 1. The highest BCUT2D eigenvalue weighted by atomic mass is 32.2. The van der Waals surface area contributed by atoms with Crippen LogP contribution in [0.5, 0.6) is 0 Å². The molecule has 0 aliphatic carbocycles. The average molecular weight is 505 g/mol. The SMILES string of the molecule is CCOC(=O)Nc1cc(-c2ccc(=O)n(C(C)C)n2)c(-c2ccccc2)nc1C=C1SC(N)=NC1=O. The summed E-state index contributed by atoms with van der Waals surface area (Å²) in [6.45, 7) is 5.59. The maximum Gasteiger partial charge on any atom is 0.411 e. The fraction of sp³-hybridized carbons (Fsp3) is 0.200. The lowest BCUT2D eigenvalue weighted by atomic mass is 10.0. The molecule has 4 rings (SSSR count). The maximum absolute atomic E-state index is 12.4. The van der Waals surface area contributed by atoms with Crippen LogP contribution in [0.2, 0.25) is 0 Å². The molecule has 0 bridgehead atoms. The van der Waals surface area contributed by atoms with Crippen molar-refractivity contribution >= 4 is 40.7 Å². The summed E-state index contributed by atoms with van der Waals surface area (Å²) in [5, 5.41) is 7.38. The van der Waals surface area contributed by atoms with Crippen molar-refractivity contribution in [2.75, 3.05) is 11.9 Å². The van der Waals surface area contributed by atoms with E-state index in [0.717, 1.165) is 17.3 Å². The first-order valence-electron chi connectivity index (χ1n) is 11.2. The molecule has 1 aliphatic heterocycles. The fourth-order valence-electron chi connectivity index (χ4n) is 3.51. The molecule has 0 unspecified atom stereocenters. The van der Waals surface area contributed by atoms with E-state index >= 15 is 0 Å². The molecule has 0 spiro atoms. The summed E-state index contributed by atoms with van der Waals surface area (Å²) in [4.78, 5) is 45.8. The number of nitrogens with one attached hydrogen (secondary N) is 1. The first kappa shape index (κ1) is 24.9. The van der Waals surface area contributed by atoms with E-state index in [1.54, 1.807) is 19.1 Å². The number of carbonyl (C=O) groups excluding carboxylic acids is 2.